The number of likely N-dealkylation sites (tertiary alicyclic amines) is 1. The number of ether oxygens (including phenoxy) is 2. The number of aliphatic hydroxyl groups excluding tert-OH is 1. The first-order valence-corrected chi connectivity index (χ1v) is 11.8. The number of carbonyl (C=O) groups excluding carboxylic acids is 2. The van der Waals surface area contributed by atoms with Gasteiger partial charge in [0.05, 0.1) is 31.5 Å². The fourth-order valence-electron chi connectivity index (χ4n) is 4.85. The van der Waals surface area contributed by atoms with Crippen LogP contribution < -0.4 is 9.47 Å². The summed E-state index contributed by atoms with van der Waals surface area (Å²) in [5.41, 5.74) is 3.10. The Bertz CT molecular complexity index is 1360. The van der Waals surface area contributed by atoms with Gasteiger partial charge in [0.15, 0.2) is 17.3 Å². The SMILES string of the molecule is COc1cccc([C@@H]2C(=C(O)c3c(C)nc4c(C)cccn34)C(=O)C(=O)N2CCCN(C)C)c1OC. The fraction of sp³-hybridized carbons (Fsp3) is 0.370. The predicted octanol–water partition coefficient (Wildman–Crippen LogP) is 3.34. The molecule has 0 unspecified atom stereocenters. The van der Waals surface area contributed by atoms with E-state index < -0.39 is 17.7 Å². The summed E-state index contributed by atoms with van der Waals surface area (Å²) in [6.45, 7) is 4.76. The number of Topliss-reactive ketones (excluding diaryl/α,β-unsaturated/α-hetero) is 1. The number of ketones is 1. The first kappa shape index (κ1) is 25.2. The van der Waals surface area contributed by atoms with Crippen LogP contribution in [-0.2, 0) is 9.59 Å². The number of nitrogens with zero attached hydrogens (tertiary/aromatic N) is 4. The van der Waals surface area contributed by atoms with Gasteiger partial charge < -0.3 is 24.4 Å². The maximum Gasteiger partial charge on any atom is 0.295 e. The highest BCUT2D eigenvalue weighted by atomic mass is 16.5. The van der Waals surface area contributed by atoms with E-state index in [4.69, 9.17) is 9.47 Å². The van der Waals surface area contributed by atoms with E-state index in [1.807, 2.05) is 38.1 Å². The van der Waals surface area contributed by atoms with Crippen molar-refractivity contribution in [2.45, 2.75) is 26.3 Å². The summed E-state index contributed by atoms with van der Waals surface area (Å²) in [7, 11) is 6.94. The van der Waals surface area contributed by atoms with Gasteiger partial charge in [-0.1, -0.05) is 18.2 Å². The van der Waals surface area contributed by atoms with E-state index in [-0.39, 0.29) is 11.3 Å². The lowest BCUT2D eigenvalue weighted by Crippen LogP contribution is -2.32. The quantitative estimate of drug-likeness (QED) is 0.293. The summed E-state index contributed by atoms with van der Waals surface area (Å²) in [5, 5.41) is 11.7. The molecule has 1 fully saturated rings. The van der Waals surface area contributed by atoms with Crippen molar-refractivity contribution in [3.05, 3.63) is 64.6 Å². The van der Waals surface area contributed by atoms with Crippen molar-refractivity contribution in [1.29, 1.82) is 0 Å². The van der Waals surface area contributed by atoms with Crippen molar-refractivity contribution in [2.24, 2.45) is 0 Å². The maximum absolute atomic E-state index is 13.5. The number of aromatic nitrogens is 2. The molecule has 190 valence electrons. The summed E-state index contributed by atoms with van der Waals surface area (Å²) < 4.78 is 12.9. The van der Waals surface area contributed by atoms with Crippen LogP contribution in [0.4, 0.5) is 0 Å². The number of aryl methyl sites for hydroxylation is 2. The second kappa shape index (κ2) is 10.0. The van der Waals surface area contributed by atoms with Crippen LogP contribution in [0.1, 0.15) is 35.0 Å². The minimum atomic E-state index is -0.855. The van der Waals surface area contributed by atoms with E-state index >= 15 is 0 Å². The number of para-hydroxylation sites is 1. The van der Waals surface area contributed by atoms with Crippen LogP contribution in [-0.4, -0.2) is 77.4 Å². The van der Waals surface area contributed by atoms with Crippen molar-refractivity contribution >= 4 is 23.1 Å². The molecule has 3 heterocycles. The van der Waals surface area contributed by atoms with Gasteiger partial charge in [0, 0.05) is 18.3 Å². The highest BCUT2D eigenvalue weighted by Gasteiger charge is 2.47. The molecule has 0 aliphatic carbocycles. The Morgan fingerprint density at radius 1 is 1.11 bits per heavy atom. The minimum absolute atomic E-state index is 0.00260. The molecular weight excluding hydrogens is 460 g/mol. The number of hydrogen-bond acceptors (Lipinski definition) is 7. The molecular formula is C27H32N4O5. The van der Waals surface area contributed by atoms with Gasteiger partial charge in [0.25, 0.3) is 11.7 Å². The van der Waals surface area contributed by atoms with Crippen LogP contribution in [0, 0.1) is 13.8 Å². The second-order valence-electron chi connectivity index (χ2n) is 9.16. The van der Waals surface area contributed by atoms with Crippen molar-refractivity contribution in [1.82, 2.24) is 19.2 Å². The van der Waals surface area contributed by atoms with E-state index in [1.54, 1.807) is 35.7 Å². The molecule has 1 atom stereocenters. The van der Waals surface area contributed by atoms with Crippen molar-refractivity contribution in [3.63, 3.8) is 0 Å². The number of methoxy groups -OCH3 is 2. The van der Waals surface area contributed by atoms with Crippen LogP contribution in [0.2, 0.25) is 0 Å². The molecule has 0 radical (unpaired) electrons. The largest absolute Gasteiger partial charge is 0.505 e. The summed E-state index contributed by atoms with van der Waals surface area (Å²) >= 11 is 0. The molecule has 9 nitrogen and oxygen atoms in total. The van der Waals surface area contributed by atoms with Crippen LogP contribution >= 0.6 is 0 Å². The monoisotopic (exact) mass is 492 g/mol. The zero-order chi connectivity index (χ0) is 26.1. The molecule has 1 amide bonds. The molecule has 1 N–H and O–H groups in total. The molecule has 4 rings (SSSR count). The molecule has 1 aromatic carbocycles. The first-order chi connectivity index (χ1) is 17.2. The lowest BCUT2D eigenvalue weighted by atomic mass is 9.95. The van der Waals surface area contributed by atoms with E-state index in [0.717, 1.165) is 12.1 Å². The van der Waals surface area contributed by atoms with E-state index in [1.165, 1.54) is 19.1 Å². The van der Waals surface area contributed by atoms with E-state index in [2.05, 4.69) is 4.98 Å². The van der Waals surface area contributed by atoms with Crippen LogP contribution in [0.5, 0.6) is 11.5 Å². The number of amides is 1. The summed E-state index contributed by atoms with van der Waals surface area (Å²) in [6.07, 6.45) is 2.43. The third-order valence-corrected chi connectivity index (χ3v) is 6.52. The van der Waals surface area contributed by atoms with Gasteiger partial charge in [-0.25, -0.2) is 4.98 Å². The van der Waals surface area contributed by atoms with Crippen molar-refractivity contribution in [2.75, 3.05) is 41.4 Å². The summed E-state index contributed by atoms with van der Waals surface area (Å²) in [4.78, 5) is 34.9. The van der Waals surface area contributed by atoms with Gasteiger partial charge in [0.1, 0.15) is 11.3 Å². The average Bonchev–Trinajstić information content (AvgIpc) is 3.32. The third-order valence-electron chi connectivity index (χ3n) is 6.52. The Hall–Kier alpha value is -3.85. The van der Waals surface area contributed by atoms with Crippen molar-refractivity contribution < 1.29 is 24.2 Å². The molecule has 1 aliphatic rings. The highest BCUT2D eigenvalue weighted by Crippen LogP contribution is 2.45. The van der Waals surface area contributed by atoms with E-state index in [0.29, 0.717) is 47.1 Å². The third kappa shape index (κ3) is 4.19. The molecule has 0 bridgehead atoms. The predicted molar refractivity (Wildman–Crippen MR) is 136 cm³/mol. The van der Waals surface area contributed by atoms with Crippen LogP contribution in [0.3, 0.4) is 0 Å². The Morgan fingerprint density at radius 2 is 1.86 bits per heavy atom. The Labute approximate surface area is 210 Å². The van der Waals surface area contributed by atoms with Gasteiger partial charge in [-0.3, -0.25) is 14.0 Å². The van der Waals surface area contributed by atoms with Gasteiger partial charge in [-0.15, -0.1) is 0 Å². The number of imidazole rings is 1. The Morgan fingerprint density at radius 3 is 2.53 bits per heavy atom. The second-order valence-corrected chi connectivity index (χ2v) is 9.16. The van der Waals surface area contributed by atoms with Crippen LogP contribution in [0.25, 0.3) is 11.4 Å². The fourth-order valence-corrected chi connectivity index (χ4v) is 4.85. The number of carbonyl (C=O) groups is 2. The normalized spacial score (nSPS) is 17.4. The van der Waals surface area contributed by atoms with Crippen LogP contribution in [0.15, 0.2) is 42.1 Å². The van der Waals surface area contributed by atoms with Gasteiger partial charge in [-0.05, 0) is 58.6 Å². The summed E-state index contributed by atoms with van der Waals surface area (Å²) in [5.74, 6) is -0.799. The lowest BCUT2D eigenvalue weighted by Gasteiger charge is -2.27. The number of benzene rings is 1. The molecule has 0 saturated carbocycles. The zero-order valence-electron chi connectivity index (χ0n) is 21.5. The molecule has 9 heteroatoms. The molecule has 3 aromatic rings. The first-order valence-electron chi connectivity index (χ1n) is 11.8. The number of aliphatic hydroxyl groups is 1. The van der Waals surface area contributed by atoms with Crippen molar-refractivity contribution in [3.8, 4) is 11.5 Å². The Balaban J connectivity index is 1.97. The lowest BCUT2D eigenvalue weighted by molar-refractivity contribution is -0.140. The number of fused-ring (bicyclic) bond motifs is 1. The Kier molecular flexibility index (Phi) is 7.03. The number of rotatable bonds is 8. The zero-order valence-corrected chi connectivity index (χ0v) is 21.5. The van der Waals surface area contributed by atoms with Gasteiger partial charge in [0.2, 0.25) is 0 Å². The smallest absolute Gasteiger partial charge is 0.295 e. The number of pyridine rings is 1. The molecule has 1 saturated heterocycles. The molecule has 2 aromatic heterocycles. The van der Waals surface area contributed by atoms with Gasteiger partial charge >= 0.3 is 0 Å². The topological polar surface area (TPSA) is 96.6 Å². The van der Waals surface area contributed by atoms with E-state index in [9.17, 15) is 14.7 Å². The highest BCUT2D eigenvalue weighted by molar-refractivity contribution is 6.46. The molecule has 36 heavy (non-hydrogen) atoms. The number of hydrogen-bond donors (Lipinski definition) is 1. The minimum Gasteiger partial charge on any atom is -0.505 e. The molecule has 0 spiro atoms. The average molecular weight is 493 g/mol. The maximum atomic E-state index is 13.5. The van der Waals surface area contributed by atoms with Gasteiger partial charge in [-0.2, -0.15) is 0 Å². The summed E-state index contributed by atoms with van der Waals surface area (Å²) in [6, 6.07) is 8.23. The molecule has 1 aliphatic heterocycles. The standard InChI is InChI=1S/C27H32N4O5/c1-16-10-8-14-30-21(17(2)28-26(16)30)23(32)20-22(18-11-7-12-19(35-5)25(18)36-6)31(27(34)24(20)33)15-9-13-29(3)4/h7-8,10-12,14,22,32H,9,13,15H2,1-6H3/t22-/m1/s1.